The predicted octanol–water partition coefficient (Wildman–Crippen LogP) is 5.50. The molecule has 0 spiro atoms. The summed E-state index contributed by atoms with van der Waals surface area (Å²) in [5.41, 5.74) is 4.12. The Labute approximate surface area is 236 Å². The Hall–Kier alpha value is -3.27. The molecular formula is C29H28Cl2N4O4. The summed E-state index contributed by atoms with van der Waals surface area (Å²) < 4.78 is 14.7. The van der Waals surface area contributed by atoms with Crippen LogP contribution in [0.2, 0.25) is 10.3 Å². The van der Waals surface area contributed by atoms with Gasteiger partial charge in [-0.15, -0.1) is 0 Å². The maximum Gasteiger partial charge on any atom is 0.253 e. The molecule has 0 saturated carbocycles. The number of nitrogens with zero attached hydrogens (tertiary/aromatic N) is 3. The Kier molecular flexibility index (Phi) is 8.60. The molecule has 4 atom stereocenters. The van der Waals surface area contributed by atoms with Crippen molar-refractivity contribution < 1.29 is 19.4 Å². The summed E-state index contributed by atoms with van der Waals surface area (Å²) in [6, 6.07) is 18.9. The largest absolute Gasteiger partial charge is 0.392 e. The number of ether oxygens (including phenoxy) is 2. The standard InChI is InChI=1S/C29H28Cl2N4O4/c1-18-24(15-35-17-34-26(30)27(35)31)38-29(39-25(18)21-8-6-20(16-36)7-9-21)22-10-4-19(5-11-22)13-33-28(37)23-3-2-12-32-14-23/h2-12,14,17-18,24-25,29,36H,13,15-16H2,1H3,(H,33,37). The summed E-state index contributed by atoms with van der Waals surface area (Å²) in [7, 11) is 0. The molecule has 1 fully saturated rings. The number of nitrogens with one attached hydrogen (secondary N) is 1. The third-order valence-electron chi connectivity index (χ3n) is 6.86. The number of aliphatic hydroxyl groups excluding tert-OH is 1. The Morgan fingerprint density at radius 3 is 2.38 bits per heavy atom. The van der Waals surface area contributed by atoms with Crippen molar-refractivity contribution >= 4 is 29.1 Å². The van der Waals surface area contributed by atoms with E-state index in [2.05, 4.69) is 22.2 Å². The molecule has 4 unspecified atom stereocenters. The topological polar surface area (TPSA) is 98.5 Å². The lowest BCUT2D eigenvalue weighted by Crippen LogP contribution is -2.39. The first kappa shape index (κ1) is 27.3. The molecule has 0 bridgehead atoms. The van der Waals surface area contributed by atoms with E-state index in [0.717, 1.165) is 22.3 Å². The molecule has 0 aliphatic carbocycles. The van der Waals surface area contributed by atoms with Gasteiger partial charge in [-0.25, -0.2) is 4.98 Å². The molecule has 1 amide bonds. The van der Waals surface area contributed by atoms with Crippen molar-refractivity contribution in [3.63, 3.8) is 0 Å². The summed E-state index contributed by atoms with van der Waals surface area (Å²) in [5.74, 6) is -0.211. The number of hydrogen-bond acceptors (Lipinski definition) is 6. The molecule has 1 aliphatic rings. The first-order valence-corrected chi connectivity index (χ1v) is 13.3. The highest BCUT2D eigenvalue weighted by Gasteiger charge is 2.38. The van der Waals surface area contributed by atoms with E-state index in [1.807, 2.05) is 48.5 Å². The van der Waals surface area contributed by atoms with Gasteiger partial charge in [0, 0.05) is 30.4 Å². The second-order valence-corrected chi connectivity index (χ2v) is 10.2. The van der Waals surface area contributed by atoms with Crippen molar-refractivity contribution in [2.75, 3.05) is 0 Å². The van der Waals surface area contributed by atoms with Gasteiger partial charge in [0.25, 0.3) is 5.91 Å². The van der Waals surface area contributed by atoms with Crippen LogP contribution < -0.4 is 5.32 Å². The zero-order chi connectivity index (χ0) is 27.4. The first-order chi connectivity index (χ1) is 18.9. The van der Waals surface area contributed by atoms with Gasteiger partial charge in [0.05, 0.1) is 37.3 Å². The molecule has 39 heavy (non-hydrogen) atoms. The molecule has 8 nitrogen and oxygen atoms in total. The minimum atomic E-state index is -0.634. The van der Waals surface area contributed by atoms with Crippen molar-refractivity contribution in [3.8, 4) is 0 Å². The fourth-order valence-electron chi connectivity index (χ4n) is 4.57. The number of hydrogen-bond donors (Lipinski definition) is 2. The van der Waals surface area contributed by atoms with Crippen molar-refractivity contribution in [3.05, 3.63) is 118 Å². The molecular weight excluding hydrogens is 539 g/mol. The summed E-state index contributed by atoms with van der Waals surface area (Å²) in [5, 5.41) is 13.0. The number of benzene rings is 2. The zero-order valence-electron chi connectivity index (χ0n) is 21.2. The van der Waals surface area contributed by atoms with Gasteiger partial charge in [0.15, 0.2) is 11.4 Å². The van der Waals surface area contributed by atoms with Crippen LogP contribution in [-0.2, 0) is 29.2 Å². The third kappa shape index (κ3) is 6.32. The molecule has 2 aromatic heterocycles. The number of pyridine rings is 1. The van der Waals surface area contributed by atoms with Crippen LogP contribution in [0.5, 0.6) is 0 Å². The number of aromatic nitrogens is 3. The van der Waals surface area contributed by atoms with Crippen molar-refractivity contribution in [2.45, 2.75) is 45.1 Å². The molecule has 2 N–H and O–H groups in total. The van der Waals surface area contributed by atoms with Crippen molar-refractivity contribution in [2.24, 2.45) is 5.92 Å². The number of amides is 1. The maximum atomic E-state index is 12.4. The molecule has 5 rings (SSSR count). The predicted molar refractivity (Wildman–Crippen MR) is 147 cm³/mol. The van der Waals surface area contributed by atoms with Gasteiger partial charge in [-0.05, 0) is 28.8 Å². The monoisotopic (exact) mass is 566 g/mol. The first-order valence-electron chi connectivity index (χ1n) is 12.6. The lowest BCUT2D eigenvalue weighted by molar-refractivity contribution is -0.276. The number of aliphatic hydroxyl groups is 1. The van der Waals surface area contributed by atoms with E-state index in [4.69, 9.17) is 32.7 Å². The lowest BCUT2D eigenvalue weighted by Gasteiger charge is -2.41. The molecule has 2 aromatic carbocycles. The van der Waals surface area contributed by atoms with Crippen LogP contribution in [0.25, 0.3) is 0 Å². The van der Waals surface area contributed by atoms with Gasteiger partial charge in [-0.3, -0.25) is 9.78 Å². The van der Waals surface area contributed by atoms with Crippen LogP contribution in [0.4, 0.5) is 0 Å². The number of rotatable bonds is 8. The van der Waals surface area contributed by atoms with Gasteiger partial charge in [0.1, 0.15) is 5.15 Å². The average Bonchev–Trinajstić information content (AvgIpc) is 3.30. The van der Waals surface area contributed by atoms with E-state index in [9.17, 15) is 9.90 Å². The molecule has 202 valence electrons. The summed E-state index contributed by atoms with van der Waals surface area (Å²) in [6.07, 6.45) is 3.61. The maximum absolute atomic E-state index is 12.4. The smallest absolute Gasteiger partial charge is 0.253 e. The van der Waals surface area contributed by atoms with E-state index in [1.54, 1.807) is 29.2 Å². The molecule has 3 heterocycles. The molecule has 1 aliphatic heterocycles. The van der Waals surface area contributed by atoms with E-state index in [0.29, 0.717) is 23.8 Å². The number of halogens is 2. The van der Waals surface area contributed by atoms with Crippen LogP contribution in [0.15, 0.2) is 79.4 Å². The normalized spacial score (nSPS) is 21.0. The SMILES string of the molecule is CC1C(Cn2cnc(Cl)c2Cl)OC(c2ccc(CNC(=O)c3cccnc3)cc2)OC1c1ccc(CO)cc1. The minimum Gasteiger partial charge on any atom is -0.392 e. The van der Waals surface area contributed by atoms with Crippen LogP contribution in [0.3, 0.4) is 0 Å². The van der Waals surface area contributed by atoms with Crippen LogP contribution in [0.1, 0.15) is 51.9 Å². The average molecular weight is 567 g/mol. The molecule has 4 aromatic rings. The molecule has 0 radical (unpaired) electrons. The lowest BCUT2D eigenvalue weighted by atomic mass is 9.90. The molecule has 1 saturated heterocycles. The Balaban J connectivity index is 1.34. The van der Waals surface area contributed by atoms with Crippen LogP contribution >= 0.6 is 23.2 Å². The van der Waals surface area contributed by atoms with E-state index in [1.165, 1.54) is 6.20 Å². The summed E-state index contributed by atoms with van der Waals surface area (Å²) in [6.45, 7) is 2.87. The van der Waals surface area contributed by atoms with E-state index in [-0.39, 0.29) is 35.8 Å². The number of imidazole rings is 1. The van der Waals surface area contributed by atoms with Gasteiger partial charge in [-0.2, -0.15) is 0 Å². The second kappa shape index (κ2) is 12.3. The quantitative estimate of drug-likeness (QED) is 0.292. The van der Waals surface area contributed by atoms with E-state index < -0.39 is 6.29 Å². The van der Waals surface area contributed by atoms with Crippen molar-refractivity contribution in [1.29, 1.82) is 0 Å². The van der Waals surface area contributed by atoms with Crippen LogP contribution in [-0.4, -0.2) is 31.7 Å². The highest BCUT2D eigenvalue weighted by atomic mass is 35.5. The van der Waals surface area contributed by atoms with Crippen molar-refractivity contribution in [1.82, 2.24) is 19.9 Å². The second-order valence-electron chi connectivity index (χ2n) is 9.47. The van der Waals surface area contributed by atoms with Gasteiger partial charge in [0.2, 0.25) is 0 Å². The van der Waals surface area contributed by atoms with Gasteiger partial charge in [-0.1, -0.05) is 78.7 Å². The fourth-order valence-corrected chi connectivity index (χ4v) is 4.88. The number of carbonyl (C=O) groups is 1. The minimum absolute atomic E-state index is 0.0232. The highest BCUT2D eigenvalue weighted by Crippen LogP contribution is 2.42. The molecule has 10 heteroatoms. The fraction of sp³-hybridized carbons (Fsp3) is 0.276. The number of carbonyl (C=O) groups excluding carboxylic acids is 1. The van der Waals surface area contributed by atoms with Gasteiger partial charge >= 0.3 is 0 Å². The summed E-state index contributed by atoms with van der Waals surface area (Å²) in [4.78, 5) is 20.4. The Bertz CT molecular complexity index is 1400. The Morgan fingerprint density at radius 1 is 1.03 bits per heavy atom. The summed E-state index contributed by atoms with van der Waals surface area (Å²) >= 11 is 12.4. The van der Waals surface area contributed by atoms with Crippen LogP contribution in [0, 0.1) is 5.92 Å². The zero-order valence-corrected chi connectivity index (χ0v) is 22.7. The van der Waals surface area contributed by atoms with Gasteiger partial charge < -0.3 is 24.5 Å². The highest BCUT2D eigenvalue weighted by molar-refractivity contribution is 6.40. The Morgan fingerprint density at radius 2 is 1.74 bits per heavy atom. The van der Waals surface area contributed by atoms with E-state index >= 15 is 0 Å². The third-order valence-corrected chi connectivity index (χ3v) is 7.63.